The Bertz CT molecular complexity index is 457. The van der Waals surface area contributed by atoms with E-state index in [1.54, 1.807) is 13.1 Å². The van der Waals surface area contributed by atoms with Crippen LogP contribution in [0.4, 0.5) is 0 Å². The number of sulfonamides is 1. The van der Waals surface area contributed by atoms with Crippen molar-refractivity contribution in [3.05, 3.63) is 17.9 Å². The fourth-order valence-electron chi connectivity index (χ4n) is 1.37. The highest BCUT2D eigenvalue weighted by atomic mass is 32.2. The summed E-state index contributed by atoms with van der Waals surface area (Å²) >= 11 is 0. The maximum absolute atomic E-state index is 11.9. The summed E-state index contributed by atoms with van der Waals surface area (Å²) in [5.41, 5.74) is 0. The molecule has 3 N–H and O–H groups in total. The van der Waals surface area contributed by atoms with Crippen molar-refractivity contribution in [2.75, 3.05) is 27.4 Å². The Morgan fingerprint density at radius 2 is 2.22 bits per heavy atom. The van der Waals surface area contributed by atoms with Gasteiger partial charge in [-0.3, -0.25) is 0 Å². The monoisotopic (exact) mass is 278 g/mol. The first-order chi connectivity index (χ1) is 8.53. The van der Waals surface area contributed by atoms with Gasteiger partial charge in [0, 0.05) is 7.11 Å². The summed E-state index contributed by atoms with van der Waals surface area (Å²) in [5.74, 6) is 0.519. The molecule has 0 radical (unpaired) electrons. The summed E-state index contributed by atoms with van der Waals surface area (Å²) in [6, 6.07) is 2.25. The minimum atomic E-state index is -3.78. The summed E-state index contributed by atoms with van der Waals surface area (Å²) in [4.78, 5) is 0. The van der Waals surface area contributed by atoms with E-state index >= 15 is 0 Å². The van der Waals surface area contributed by atoms with Gasteiger partial charge in [-0.05, 0) is 19.2 Å². The van der Waals surface area contributed by atoms with Gasteiger partial charge in [0.2, 0.25) is 5.09 Å². The second-order valence-electron chi connectivity index (χ2n) is 3.71. The maximum atomic E-state index is 11.9. The van der Waals surface area contributed by atoms with Gasteiger partial charge in [0.25, 0.3) is 10.0 Å². The van der Waals surface area contributed by atoms with E-state index in [1.165, 1.54) is 13.2 Å². The quantitative estimate of drug-likeness (QED) is 0.580. The second kappa shape index (κ2) is 6.86. The van der Waals surface area contributed by atoms with Gasteiger partial charge in [-0.1, -0.05) is 0 Å². The van der Waals surface area contributed by atoms with Crippen LogP contribution in [0.5, 0.6) is 0 Å². The summed E-state index contributed by atoms with van der Waals surface area (Å²) in [6.07, 6.45) is 0. The molecule has 104 valence electrons. The summed E-state index contributed by atoms with van der Waals surface area (Å²) in [6.45, 7) is 0.175. The molecule has 0 aliphatic heterocycles. The number of hydrogen-bond donors (Lipinski definition) is 3. The molecule has 18 heavy (non-hydrogen) atoms. The lowest BCUT2D eigenvalue weighted by atomic mass is 10.4. The molecule has 0 bridgehead atoms. The third-order valence-electron chi connectivity index (χ3n) is 2.16. The van der Waals surface area contributed by atoms with Crippen LogP contribution in [-0.2, 0) is 21.3 Å². The summed E-state index contributed by atoms with van der Waals surface area (Å²) in [7, 11) is -0.619. The van der Waals surface area contributed by atoms with Crippen LogP contribution in [0, 0.1) is 0 Å². The van der Waals surface area contributed by atoms with Gasteiger partial charge in [0.1, 0.15) is 5.76 Å². The third-order valence-corrected chi connectivity index (χ3v) is 3.56. The van der Waals surface area contributed by atoms with Crippen LogP contribution in [0.1, 0.15) is 5.76 Å². The van der Waals surface area contributed by atoms with Crippen molar-refractivity contribution < 1.29 is 22.7 Å². The number of aliphatic hydroxyl groups excluding tert-OH is 1. The topological polar surface area (TPSA) is 101 Å². The van der Waals surface area contributed by atoms with Gasteiger partial charge in [-0.25, -0.2) is 13.1 Å². The highest BCUT2D eigenvalue weighted by molar-refractivity contribution is 7.89. The molecule has 0 aliphatic rings. The molecule has 0 spiro atoms. The molecule has 0 saturated carbocycles. The first kappa shape index (κ1) is 15.1. The van der Waals surface area contributed by atoms with Crippen LogP contribution in [0.25, 0.3) is 0 Å². The lowest BCUT2D eigenvalue weighted by Crippen LogP contribution is -2.40. The Balaban J connectivity index is 2.78. The molecule has 0 saturated heterocycles. The van der Waals surface area contributed by atoms with Crippen molar-refractivity contribution in [3.63, 3.8) is 0 Å². The van der Waals surface area contributed by atoms with Gasteiger partial charge in [-0.2, -0.15) is 0 Å². The summed E-state index contributed by atoms with van der Waals surface area (Å²) in [5, 5.41) is 11.7. The minimum absolute atomic E-state index is 0.0831. The Hall–Kier alpha value is -0.930. The molecule has 0 amide bonds. The van der Waals surface area contributed by atoms with Gasteiger partial charge in [-0.15, -0.1) is 0 Å². The van der Waals surface area contributed by atoms with Crippen LogP contribution in [-0.4, -0.2) is 46.9 Å². The van der Waals surface area contributed by atoms with Crippen LogP contribution >= 0.6 is 0 Å². The van der Waals surface area contributed by atoms with E-state index in [-0.39, 0.29) is 18.3 Å². The van der Waals surface area contributed by atoms with E-state index in [4.69, 9.17) is 14.3 Å². The molecule has 1 aromatic heterocycles. The molecule has 8 heteroatoms. The Kier molecular flexibility index (Phi) is 5.76. The first-order valence-corrected chi connectivity index (χ1v) is 6.87. The standard InChI is InChI=1S/C10H18N2O5S/c1-11-5-9-3-4-10(17-9)18(14,15)12-8(6-13)7-16-2/h3-4,8,11-13H,5-7H2,1-2H3. The van der Waals surface area contributed by atoms with Crippen molar-refractivity contribution in [2.45, 2.75) is 17.7 Å². The zero-order valence-corrected chi connectivity index (χ0v) is 11.2. The van der Waals surface area contributed by atoms with Gasteiger partial charge >= 0.3 is 0 Å². The molecule has 1 rings (SSSR count). The normalized spacial score (nSPS) is 13.7. The van der Waals surface area contributed by atoms with E-state index in [2.05, 4.69) is 10.0 Å². The van der Waals surface area contributed by atoms with Gasteiger partial charge in [0.05, 0.1) is 25.8 Å². The predicted molar refractivity (Wildman–Crippen MR) is 64.5 cm³/mol. The van der Waals surface area contributed by atoms with E-state index in [0.717, 1.165) is 0 Å². The van der Waals surface area contributed by atoms with Crippen LogP contribution in [0.3, 0.4) is 0 Å². The molecule has 1 heterocycles. The lowest BCUT2D eigenvalue weighted by Gasteiger charge is -2.13. The Labute approximate surface area is 106 Å². The summed E-state index contributed by atoms with van der Waals surface area (Å²) < 4.78 is 36.1. The Morgan fingerprint density at radius 1 is 1.50 bits per heavy atom. The number of hydrogen-bond acceptors (Lipinski definition) is 6. The van der Waals surface area contributed by atoms with Crippen molar-refractivity contribution in [3.8, 4) is 0 Å². The highest BCUT2D eigenvalue weighted by Gasteiger charge is 2.22. The van der Waals surface area contributed by atoms with E-state index < -0.39 is 16.1 Å². The van der Waals surface area contributed by atoms with Gasteiger partial charge in [0.15, 0.2) is 0 Å². The second-order valence-corrected chi connectivity index (χ2v) is 5.35. The molecular formula is C10H18N2O5S. The zero-order chi connectivity index (χ0) is 13.6. The van der Waals surface area contributed by atoms with Crippen LogP contribution in [0.15, 0.2) is 21.6 Å². The first-order valence-electron chi connectivity index (χ1n) is 5.39. The third kappa shape index (κ3) is 4.07. The minimum Gasteiger partial charge on any atom is -0.447 e. The smallest absolute Gasteiger partial charge is 0.274 e. The number of ether oxygens (including phenoxy) is 1. The lowest BCUT2D eigenvalue weighted by molar-refractivity contribution is 0.138. The largest absolute Gasteiger partial charge is 0.447 e. The average Bonchev–Trinajstić information content (AvgIpc) is 2.78. The molecule has 0 aliphatic carbocycles. The number of methoxy groups -OCH3 is 1. The molecule has 1 aromatic rings. The average molecular weight is 278 g/mol. The molecular weight excluding hydrogens is 260 g/mol. The predicted octanol–water partition coefficient (Wildman–Crippen LogP) is -0.715. The molecule has 7 nitrogen and oxygen atoms in total. The fraction of sp³-hybridized carbons (Fsp3) is 0.600. The highest BCUT2D eigenvalue weighted by Crippen LogP contribution is 2.14. The fourth-order valence-corrected chi connectivity index (χ4v) is 2.54. The zero-order valence-electron chi connectivity index (χ0n) is 10.3. The van der Waals surface area contributed by atoms with Crippen molar-refractivity contribution in [1.82, 2.24) is 10.0 Å². The number of aliphatic hydroxyl groups is 1. The number of furan rings is 1. The van der Waals surface area contributed by atoms with Crippen LogP contribution < -0.4 is 10.0 Å². The molecule has 1 unspecified atom stereocenters. The Morgan fingerprint density at radius 3 is 2.78 bits per heavy atom. The van der Waals surface area contributed by atoms with E-state index in [9.17, 15) is 8.42 Å². The maximum Gasteiger partial charge on any atom is 0.274 e. The van der Waals surface area contributed by atoms with Crippen molar-refractivity contribution in [1.29, 1.82) is 0 Å². The SMILES string of the molecule is CNCc1ccc(S(=O)(=O)NC(CO)COC)o1. The van der Waals surface area contributed by atoms with Crippen LogP contribution in [0.2, 0.25) is 0 Å². The molecule has 0 fully saturated rings. The molecule has 0 aromatic carbocycles. The number of rotatable bonds is 8. The van der Waals surface area contributed by atoms with Gasteiger partial charge < -0.3 is 19.6 Å². The van der Waals surface area contributed by atoms with Crippen molar-refractivity contribution in [2.24, 2.45) is 0 Å². The molecule has 1 atom stereocenters. The van der Waals surface area contributed by atoms with Crippen molar-refractivity contribution >= 4 is 10.0 Å². The number of nitrogens with one attached hydrogen (secondary N) is 2. The van der Waals surface area contributed by atoms with E-state index in [0.29, 0.717) is 12.3 Å². The van der Waals surface area contributed by atoms with E-state index in [1.807, 2.05) is 0 Å².